The summed E-state index contributed by atoms with van der Waals surface area (Å²) in [6.07, 6.45) is 0. The van der Waals surface area contributed by atoms with Crippen LogP contribution in [0.5, 0.6) is 5.75 Å². The Labute approximate surface area is 155 Å². The highest BCUT2D eigenvalue weighted by Crippen LogP contribution is 2.26. The number of thiophene rings is 1. The molecule has 25 heavy (non-hydrogen) atoms. The van der Waals surface area contributed by atoms with Crippen LogP contribution in [0.3, 0.4) is 0 Å². The van der Waals surface area contributed by atoms with Gasteiger partial charge in [-0.1, -0.05) is 32.0 Å². The molecule has 1 heterocycles. The fourth-order valence-electron chi connectivity index (χ4n) is 2.66. The minimum atomic E-state index is 0.293. The van der Waals surface area contributed by atoms with E-state index in [4.69, 9.17) is 9.73 Å². The van der Waals surface area contributed by atoms with E-state index in [-0.39, 0.29) is 0 Å². The second-order valence-electron chi connectivity index (χ2n) is 6.20. The number of nitrogens with one attached hydrogen (secondary N) is 2. The first-order chi connectivity index (χ1) is 12.2. The lowest BCUT2D eigenvalue weighted by molar-refractivity contribution is 0.407. The summed E-state index contributed by atoms with van der Waals surface area (Å²) in [5.74, 6) is 2.54. The zero-order valence-corrected chi connectivity index (χ0v) is 16.4. The molecule has 0 saturated heterocycles. The average molecular weight is 360 g/mol. The highest BCUT2D eigenvalue weighted by Gasteiger charge is 2.11. The maximum atomic E-state index is 5.46. The topological polar surface area (TPSA) is 45.7 Å². The number of hydrogen-bond donors (Lipinski definition) is 2. The van der Waals surface area contributed by atoms with Gasteiger partial charge in [0.2, 0.25) is 0 Å². The maximum absolute atomic E-state index is 5.46. The summed E-state index contributed by atoms with van der Waals surface area (Å²) < 4.78 is 5.46. The predicted molar refractivity (Wildman–Crippen MR) is 108 cm³/mol. The molecule has 2 rings (SSSR count). The van der Waals surface area contributed by atoms with Crippen molar-refractivity contribution in [1.29, 1.82) is 0 Å². The molecule has 0 aliphatic heterocycles. The number of aliphatic imine (C=N–C) groups is 1. The fourth-order valence-corrected chi connectivity index (χ4v) is 3.45. The van der Waals surface area contributed by atoms with Crippen molar-refractivity contribution >= 4 is 17.3 Å². The normalized spacial score (nSPS) is 14.0. The Balaban J connectivity index is 1.96. The summed E-state index contributed by atoms with van der Waals surface area (Å²) in [6.45, 7) is 8.92. The first-order valence-corrected chi connectivity index (χ1v) is 9.77. The van der Waals surface area contributed by atoms with Crippen LogP contribution in [0.1, 0.15) is 43.7 Å². The first-order valence-electron chi connectivity index (χ1n) is 8.82. The average Bonchev–Trinajstić information content (AvgIpc) is 3.18. The first kappa shape index (κ1) is 19.3. The number of guanidine groups is 1. The summed E-state index contributed by atoms with van der Waals surface area (Å²) in [6, 6.07) is 10.3. The number of nitrogens with zero attached hydrogens (tertiary/aromatic N) is 1. The molecule has 0 bridgehead atoms. The van der Waals surface area contributed by atoms with Gasteiger partial charge in [0.15, 0.2) is 5.96 Å². The molecular formula is C20H29N3OS. The molecule has 2 atom stereocenters. The molecule has 2 aromatic rings. The number of hydrogen-bond acceptors (Lipinski definition) is 3. The number of benzene rings is 1. The zero-order valence-electron chi connectivity index (χ0n) is 15.6. The Morgan fingerprint density at radius 3 is 2.64 bits per heavy atom. The monoisotopic (exact) mass is 359 g/mol. The predicted octanol–water partition coefficient (Wildman–Crippen LogP) is 4.22. The van der Waals surface area contributed by atoms with Crippen molar-refractivity contribution in [3.8, 4) is 5.75 Å². The van der Waals surface area contributed by atoms with Gasteiger partial charge in [-0.15, -0.1) is 0 Å². The van der Waals surface area contributed by atoms with E-state index in [0.717, 1.165) is 24.8 Å². The fraction of sp³-hybridized carbons (Fsp3) is 0.450. The quantitative estimate of drug-likeness (QED) is 0.548. The van der Waals surface area contributed by atoms with Gasteiger partial charge in [-0.25, -0.2) is 0 Å². The third kappa shape index (κ3) is 5.78. The van der Waals surface area contributed by atoms with E-state index in [1.807, 2.05) is 18.2 Å². The molecule has 1 aromatic heterocycles. The van der Waals surface area contributed by atoms with Gasteiger partial charge in [0.25, 0.3) is 0 Å². The lowest BCUT2D eigenvalue weighted by atomic mass is 10.0. The molecule has 136 valence electrons. The molecule has 0 fully saturated rings. The van der Waals surface area contributed by atoms with Gasteiger partial charge < -0.3 is 15.4 Å². The maximum Gasteiger partial charge on any atom is 0.191 e. The van der Waals surface area contributed by atoms with Crippen LogP contribution >= 0.6 is 11.3 Å². The molecule has 1 aromatic carbocycles. The Kier molecular flexibility index (Phi) is 7.79. The molecule has 2 unspecified atom stereocenters. The Bertz CT molecular complexity index is 655. The van der Waals surface area contributed by atoms with Crippen LogP contribution in [0.15, 0.2) is 46.1 Å². The Hall–Kier alpha value is -2.01. The van der Waals surface area contributed by atoms with Gasteiger partial charge in [0, 0.05) is 25.6 Å². The standard InChI is InChI=1S/C20H29N3OS/c1-5-21-20(22-12-15(2)17-10-11-25-14-17)23-13-16(3)18-8-6-7-9-19(18)24-4/h6-11,14-16H,5,12-13H2,1-4H3,(H2,21,22,23). The zero-order chi connectivity index (χ0) is 18.1. The van der Waals surface area contributed by atoms with Gasteiger partial charge in [-0.2, -0.15) is 11.3 Å². The van der Waals surface area contributed by atoms with Gasteiger partial charge in [-0.3, -0.25) is 4.99 Å². The molecule has 0 aliphatic carbocycles. The molecule has 0 radical (unpaired) electrons. The largest absolute Gasteiger partial charge is 0.496 e. The number of ether oxygens (including phenoxy) is 1. The number of rotatable bonds is 8. The number of methoxy groups -OCH3 is 1. The summed E-state index contributed by atoms with van der Waals surface area (Å²) in [7, 11) is 1.71. The third-order valence-electron chi connectivity index (χ3n) is 4.23. The van der Waals surface area contributed by atoms with Crippen LogP contribution < -0.4 is 15.4 Å². The van der Waals surface area contributed by atoms with E-state index >= 15 is 0 Å². The molecule has 2 N–H and O–H groups in total. The van der Waals surface area contributed by atoms with E-state index < -0.39 is 0 Å². The van der Waals surface area contributed by atoms with Crippen molar-refractivity contribution in [1.82, 2.24) is 10.6 Å². The lowest BCUT2D eigenvalue weighted by Gasteiger charge is -2.17. The smallest absolute Gasteiger partial charge is 0.191 e. The van der Waals surface area contributed by atoms with E-state index in [1.54, 1.807) is 18.4 Å². The van der Waals surface area contributed by atoms with Crippen molar-refractivity contribution in [3.05, 3.63) is 52.2 Å². The third-order valence-corrected chi connectivity index (χ3v) is 4.93. The molecule has 4 nitrogen and oxygen atoms in total. The lowest BCUT2D eigenvalue weighted by Crippen LogP contribution is -2.39. The van der Waals surface area contributed by atoms with Crippen LogP contribution in [0.25, 0.3) is 0 Å². The summed E-state index contributed by atoms with van der Waals surface area (Å²) in [5.41, 5.74) is 2.56. The minimum Gasteiger partial charge on any atom is -0.496 e. The van der Waals surface area contributed by atoms with Crippen molar-refractivity contribution in [2.24, 2.45) is 4.99 Å². The summed E-state index contributed by atoms with van der Waals surface area (Å²) in [5, 5.41) is 11.1. The van der Waals surface area contributed by atoms with Crippen molar-refractivity contribution in [3.63, 3.8) is 0 Å². The highest BCUT2D eigenvalue weighted by atomic mass is 32.1. The van der Waals surface area contributed by atoms with Crippen molar-refractivity contribution in [2.75, 3.05) is 26.7 Å². The van der Waals surface area contributed by atoms with Gasteiger partial charge >= 0.3 is 0 Å². The van der Waals surface area contributed by atoms with E-state index in [1.165, 1.54) is 11.1 Å². The van der Waals surface area contributed by atoms with Crippen molar-refractivity contribution in [2.45, 2.75) is 32.6 Å². The Morgan fingerprint density at radius 1 is 1.16 bits per heavy atom. The molecule has 5 heteroatoms. The van der Waals surface area contributed by atoms with Crippen LogP contribution in [0.2, 0.25) is 0 Å². The van der Waals surface area contributed by atoms with Gasteiger partial charge in [0.1, 0.15) is 5.75 Å². The second kappa shape index (κ2) is 10.1. The van der Waals surface area contributed by atoms with E-state index in [9.17, 15) is 0 Å². The Morgan fingerprint density at radius 2 is 1.96 bits per heavy atom. The molecule has 0 amide bonds. The van der Waals surface area contributed by atoms with Crippen LogP contribution in [-0.4, -0.2) is 32.7 Å². The van der Waals surface area contributed by atoms with Gasteiger partial charge in [0.05, 0.1) is 7.11 Å². The SMILES string of the molecule is CCNC(=NCC(C)c1ccccc1OC)NCC(C)c1ccsc1. The second-order valence-corrected chi connectivity index (χ2v) is 6.98. The van der Waals surface area contributed by atoms with Crippen LogP contribution in [0.4, 0.5) is 0 Å². The van der Waals surface area contributed by atoms with E-state index in [0.29, 0.717) is 18.4 Å². The van der Waals surface area contributed by atoms with Crippen LogP contribution in [0, 0.1) is 0 Å². The van der Waals surface area contributed by atoms with Crippen molar-refractivity contribution < 1.29 is 4.74 Å². The van der Waals surface area contributed by atoms with Gasteiger partial charge in [-0.05, 0) is 46.9 Å². The van der Waals surface area contributed by atoms with E-state index in [2.05, 4.69) is 54.3 Å². The summed E-state index contributed by atoms with van der Waals surface area (Å²) >= 11 is 1.74. The molecule has 0 spiro atoms. The molecular weight excluding hydrogens is 330 g/mol. The highest BCUT2D eigenvalue weighted by molar-refractivity contribution is 7.07. The summed E-state index contributed by atoms with van der Waals surface area (Å²) in [4.78, 5) is 4.76. The molecule has 0 saturated carbocycles. The molecule has 0 aliphatic rings. The minimum absolute atomic E-state index is 0.293. The number of para-hydroxylation sites is 1. The van der Waals surface area contributed by atoms with Crippen LogP contribution in [-0.2, 0) is 0 Å².